The van der Waals surface area contributed by atoms with Crippen molar-refractivity contribution < 1.29 is 4.79 Å². The molecule has 1 aliphatic rings. The molecule has 0 bridgehead atoms. The van der Waals surface area contributed by atoms with Crippen molar-refractivity contribution in [3.05, 3.63) is 36.0 Å². The van der Waals surface area contributed by atoms with Gasteiger partial charge in [0.1, 0.15) is 11.6 Å². The van der Waals surface area contributed by atoms with Crippen LogP contribution in [0.25, 0.3) is 0 Å². The van der Waals surface area contributed by atoms with Gasteiger partial charge in [-0.15, -0.1) is 0 Å². The van der Waals surface area contributed by atoms with Gasteiger partial charge in [0.2, 0.25) is 11.9 Å². The first-order valence-corrected chi connectivity index (χ1v) is 8.01. The van der Waals surface area contributed by atoms with Crippen LogP contribution < -0.4 is 10.6 Å². The molecule has 0 spiro atoms. The molecule has 0 aliphatic carbocycles. The molecule has 0 saturated carbocycles. The lowest BCUT2D eigenvalue weighted by atomic mass is 10.1. The van der Waals surface area contributed by atoms with Crippen molar-refractivity contribution in [2.24, 2.45) is 0 Å². The lowest BCUT2D eigenvalue weighted by Crippen LogP contribution is -2.37. The van der Waals surface area contributed by atoms with Crippen molar-refractivity contribution in [1.82, 2.24) is 30.2 Å². The first kappa shape index (κ1) is 16.3. The molecule has 1 atom stereocenters. The first-order chi connectivity index (χ1) is 11.7. The number of aryl methyl sites for hydroxylation is 1. The van der Waals surface area contributed by atoms with E-state index in [9.17, 15) is 4.79 Å². The molecule has 8 nitrogen and oxygen atoms in total. The van der Waals surface area contributed by atoms with Crippen LogP contribution in [0.1, 0.15) is 30.4 Å². The number of likely N-dealkylation sites (tertiary alicyclic amines) is 1. The van der Waals surface area contributed by atoms with E-state index in [1.807, 2.05) is 17.9 Å². The first-order valence-electron chi connectivity index (χ1n) is 8.01. The Labute approximate surface area is 140 Å². The predicted molar refractivity (Wildman–Crippen MR) is 89.7 cm³/mol. The van der Waals surface area contributed by atoms with E-state index >= 15 is 0 Å². The summed E-state index contributed by atoms with van der Waals surface area (Å²) in [7, 11) is 1.78. The number of hydrogen-bond donors (Lipinski definition) is 2. The quantitative estimate of drug-likeness (QED) is 0.852. The Kier molecular flexibility index (Phi) is 4.95. The summed E-state index contributed by atoms with van der Waals surface area (Å²) in [6, 6.07) is 3.62. The van der Waals surface area contributed by atoms with Crippen molar-refractivity contribution in [1.29, 1.82) is 0 Å². The minimum atomic E-state index is -0.00945. The summed E-state index contributed by atoms with van der Waals surface area (Å²) in [4.78, 5) is 31.4. The van der Waals surface area contributed by atoms with Gasteiger partial charge in [0.15, 0.2) is 0 Å². The Bertz CT molecular complexity index is 707. The third-order valence-corrected chi connectivity index (χ3v) is 3.91. The molecule has 0 unspecified atom stereocenters. The van der Waals surface area contributed by atoms with Crippen molar-refractivity contribution >= 4 is 17.7 Å². The number of nitrogens with one attached hydrogen (secondary N) is 2. The molecular weight excluding hydrogens is 306 g/mol. The van der Waals surface area contributed by atoms with Gasteiger partial charge < -0.3 is 15.5 Å². The van der Waals surface area contributed by atoms with Gasteiger partial charge >= 0.3 is 0 Å². The summed E-state index contributed by atoms with van der Waals surface area (Å²) >= 11 is 0. The van der Waals surface area contributed by atoms with Crippen LogP contribution in [-0.4, -0.2) is 50.9 Å². The maximum absolute atomic E-state index is 12.3. The van der Waals surface area contributed by atoms with Crippen molar-refractivity contribution in [2.45, 2.75) is 25.8 Å². The van der Waals surface area contributed by atoms with Crippen molar-refractivity contribution in [2.75, 3.05) is 25.5 Å². The zero-order chi connectivity index (χ0) is 16.9. The molecule has 1 saturated heterocycles. The Hall–Kier alpha value is -2.61. The zero-order valence-electron chi connectivity index (χ0n) is 13.9. The predicted octanol–water partition coefficient (Wildman–Crippen LogP) is 1.20. The molecule has 2 aromatic rings. The molecular formula is C16H21N7O. The van der Waals surface area contributed by atoms with E-state index in [2.05, 4.69) is 30.6 Å². The normalized spacial score (nSPS) is 17.1. The number of carbonyl (C=O) groups excluding carboxylic acids is 1. The highest BCUT2D eigenvalue weighted by Crippen LogP contribution is 2.31. The standard InChI is InChI=1S/C16H21N7O/c1-11-20-12(13-5-3-8-23(13)15(24)10-17-2)9-14(21-11)22-16-18-6-4-7-19-16/h4,6-7,9,13,17H,3,5,8,10H2,1-2H3,(H,18,19,20,21,22)/t13-/m0/s1. The number of nitrogens with zero attached hydrogens (tertiary/aromatic N) is 5. The number of likely N-dealkylation sites (N-methyl/N-ethyl adjacent to an activating group) is 1. The van der Waals surface area contributed by atoms with Crippen LogP contribution >= 0.6 is 0 Å². The van der Waals surface area contributed by atoms with E-state index in [1.54, 1.807) is 25.5 Å². The molecule has 2 aromatic heterocycles. The highest BCUT2D eigenvalue weighted by Gasteiger charge is 2.31. The van der Waals surface area contributed by atoms with E-state index in [4.69, 9.17) is 0 Å². The Balaban J connectivity index is 1.84. The molecule has 0 radical (unpaired) electrons. The maximum atomic E-state index is 12.3. The fourth-order valence-electron chi connectivity index (χ4n) is 2.93. The number of anilines is 2. The smallest absolute Gasteiger partial charge is 0.237 e. The number of hydrogen-bond acceptors (Lipinski definition) is 7. The second kappa shape index (κ2) is 7.31. The van der Waals surface area contributed by atoms with Gasteiger partial charge in [-0.2, -0.15) is 0 Å². The molecule has 3 rings (SSSR count). The zero-order valence-corrected chi connectivity index (χ0v) is 13.9. The summed E-state index contributed by atoms with van der Waals surface area (Å²) in [5, 5.41) is 6.01. The van der Waals surface area contributed by atoms with E-state index in [-0.39, 0.29) is 11.9 Å². The average molecular weight is 327 g/mol. The van der Waals surface area contributed by atoms with E-state index in [1.165, 1.54) is 0 Å². The maximum Gasteiger partial charge on any atom is 0.237 e. The van der Waals surface area contributed by atoms with E-state index in [0.29, 0.717) is 24.1 Å². The fraction of sp³-hybridized carbons (Fsp3) is 0.438. The van der Waals surface area contributed by atoms with Crippen LogP contribution in [-0.2, 0) is 4.79 Å². The molecule has 8 heteroatoms. The van der Waals surface area contributed by atoms with Crippen molar-refractivity contribution in [3.63, 3.8) is 0 Å². The average Bonchev–Trinajstić information content (AvgIpc) is 3.05. The summed E-state index contributed by atoms with van der Waals surface area (Å²) in [6.07, 6.45) is 5.22. The van der Waals surface area contributed by atoms with Gasteiger partial charge in [-0.25, -0.2) is 19.9 Å². The number of aromatic nitrogens is 4. The SMILES string of the molecule is CNCC(=O)N1CCC[C@H]1c1cc(Nc2ncccn2)nc(C)n1. The molecule has 24 heavy (non-hydrogen) atoms. The van der Waals surface area contributed by atoms with Gasteiger partial charge in [-0.1, -0.05) is 0 Å². The minimum Gasteiger partial charge on any atom is -0.333 e. The molecule has 126 valence electrons. The highest BCUT2D eigenvalue weighted by atomic mass is 16.2. The molecule has 2 N–H and O–H groups in total. The summed E-state index contributed by atoms with van der Waals surface area (Å²) < 4.78 is 0. The molecule has 0 aromatic carbocycles. The van der Waals surface area contributed by atoms with Gasteiger partial charge in [-0.3, -0.25) is 4.79 Å². The summed E-state index contributed by atoms with van der Waals surface area (Å²) in [5.41, 5.74) is 0.850. The fourth-order valence-corrected chi connectivity index (χ4v) is 2.93. The highest BCUT2D eigenvalue weighted by molar-refractivity contribution is 5.79. The lowest BCUT2D eigenvalue weighted by Gasteiger charge is -2.24. The van der Waals surface area contributed by atoms with Gasteiger partial charge in [0.05, 0.1) is 18.3 Å². The molecule has 1 fully saturated rings. The summed E-state index contributed by atoms with van der Waals surface area (Å²) in [5.74, 6) is 1.86. The topological polar surface area (TPSA) is 95.9 Å². The van der Waals surface area contributed by atoms with Gasteiger partial charge in [0, 0.05) is 25.0 Å². The number of amides is 1. The minimum absolute atomic E-state index is 0.00945. The largest absolute Gasteiger partial charge is 0.333 e. The monoisotopic (exact) mass is 327 g/mol. The van der Waals surface area contributed by atoms with Crippen LogP contribution in [0.3, 0.4) is 0 Å². The molecule has 1 aliphatic heterocycles. The van der Waals surface area contributed by atoms with Crippen LogP contribution in [0.15, 0.2) is 24.5 Å². The van der Waals surface area contributed by atoms with Crippen LogP contribution in [0.2, 0.25) is 0 Å². The summed E-state index contributed by atoms with van der Waals surface area (Å²) in [6.45, 7) is 2.94. The van der Waals surface area contributed by atoms with Gasteiger partial charge in [0.25, 0.3) is 0 Å². The van der Waals surface area contributed by atoms with Crippen LogP contribution in [0.4, 0.5) is 11.8 Å². The van der Waals surface area contributed by atoms with Crippen molar-refractivity contribution in [3.8, 4) is 0 Å². The Morgan fingerprint density at radius 2 is 2.12 bits per heavy atom. The second-order valence-corrected chi connectivity index (χ2v) is 5.70. The number of carbonyl (C=O) groups is 1. The van der Waals surface area contributed by atoms with Crippen LogP contribution in [0.5, 0.6) is 0 Å². The van der Waals surface area contributed by atoms with E-state index in [0.717, 1.165) is 25.1 Å². The van der Waals surface area contributed by atoms with Crippen LogP contribution in [0, 0.1) is 6.92 Å². The number of rotatable bonds is 5. The Morgan fingerprint density at radius 1 is 1.33 bits per heavy atom. The Morgan fingerprint density at radius 3 is 2.88 bits per heavy atom. The van der Waals surface area contributed by atoms with Gasteiger partial charge in [-0.05, 0) is 32.9 Å². The second-order valence-electron chi connectivity index (χ2n) is 5.70. The third kappa shape index (κ3) is 3.65. The molecule has 3 heterocycles. The lowest BCUT2D eigenvalue weighted by molar-refractivity contribution is -0.131. The van der Waals surface area contributed by atoms with E-state index < -0.39 is 0 Å². The third-order valence-electron chi connectivity index (χ3n) is 3.91. The molecule has 1 amide bonds.